The van der Waals surface area contributed by atoms with Gasteiger partial charge in [0.25, 0.3) is 5.78 Å². The SMILES string of the molecule is COC1=CC2(CC(C)N=C2SC)C(OC)=C(O)C1=O. The second-order valence-corrected chi connectivity index (χ2v) is 5.38. The van der Waals surface area contributed by atoms with Crippen molar-refractivity contribution in [2.45, 2.75) is 19.4 Å². The molecule has 0 fully saturated rings. The van der Waals surface area contributed by atoms with Crippen molar-refractivity contribution in [1.82, 2.24) is 0 Å². The largest absolute Gasteiger partial charge is 0.502 e. The first-order valence-corrected chi connectivity index (χ1v) is 7.14. The molecule has 0 aromatic carbocycles. The summed E-state index contributed by atoms with van der Waals surface area (Å²) in [5.74, 6) is -0.549. The fourth-order valence-corrected chi connectivity index (χ4v) is 3.56. The van der Waals surface area contributed by atoms with Gasteiger partial charge in [0.2, 0.25) is 5.76 Å². The standard InChI is InChI=1S/C13H17NO4S/c1-7-5-13(12(14-7)19-4)6-8(17-2)9(15)10(16)11(13)18-3/h6-7,16H,5H2,1-4H3. The van der Waals surface area contributed by atoms with Gasteiger partial charge in [0.15, 0.2) is 11.5 Å². The Hall–Kier alpha value is -1.43. The summed E-state index contributed by atoms with van der Waals surface area (Å²) in [7, 11) is 2.87. The van der Waals surface area contributed by atoms with Crippen LogP contribution < -0.4 is 0 Å². The Morgan fingerprint density at radius 3 is 2.68 bits per heavy atom. The van der Waals surface area contributed by atoms with Crippen molar-refractivity contribution in [1.29, 1.82) is 0 Å². The minimum absolute atomic E-state index is 0.1000. The molecule has 0 amide bonds. The van der Waals surface area contributed by atoms with Crippen molar-refractivity contribution in [2.75, 3.05) is 20.5 Å². The number of aliphatic imine (C=N–C) groups is 1. The van der Waals surface area contributed by atoms with Gasteiger partial charge >= 0.3 is 0 Å². The topological polar surface area (TPSA) is 68.1 Å². The molecular weight excluding hydrogens is 266 g/mol. The van der Waals surface area contributed by atoms with Crippen molar-refractivity contribution in [3.8, 4) is 0 Å². The Morgan fingerprint density at radius 2 is 2.16 bits per heavy atom. The van der Waals surface area contributed by atoms with E-state index < -0.39 is 17.0 Å². The number of rotatable bonds is 2. The summed E-state index contributed by atoms with van der Waals surface area (Å²) in [6.45, 7) is 1.99. The number of Topliss-reactive ketones (excluding diaryl/α,β-unsaturated/α-hetero) is 1. The highest BCUT2D eigenvalue weighted by Gasteiger charge is 2.50. The average molecular weight is 283 g/mol. The number of carbonyl (C=O) groups is 1. The van der Waals surface area contributed by atoms with Gasteiger partial charge in [0.05, 0.1) is 19.3 Å². The summed E-state index contributed by atoms with van der Waals surface area (Å²) in [6, 6.07) is 0.1000. The molecule has 1 aliphatic carbocycles. The van der Waals surface area contributed by atoms with Crippen LogP contribution in [0.15, 0.2) is 28.3 Å². The first-order chi connectivity index (χ1) is 9.00. The first-order valence-electron chi connectivity index (χ1n) is 5.91. The lowest BCUT2D eigenvalue weighted by Gasteiger charge is -2.32. The lowest BCUT2D eigenvalue weighted by atomic mass is 9.78. The summed E-state index contributed by atoms with van der Waals surface area (Å²) in [4.78, 5) is 16.5. The molecule has 19 heavy (non-hydrogen) atoms. The van der Waals surface area contributed by atoms with Gasteiger partial charge in [-0.1, -0.05) is 0 Å². The molecule has 104 valence electrons. The van der Waals surface area contributed by atoms with Crippen LogP contribution in [0, 0.1) is 5.41 Å². The average Bonchev–Trinajstić information content (AvgIpc) is 2.71. The maximum absolute atomic E-state index is 11.9. The van der Waals surface area contributed by atoms with Crippen LogP contribution >= 0.6 is 11.8 Å². The van der Waals surface area contributed by atoms with E-state index in [9.17, 15) is 9.90 Å². The molecule has 1 spiro atoms. The van der Waals surface area contributed by atoms with Gasteiger partial charge in [0.1, 0.15) is 5.41 Å². The second-order valence-electron chi connectivity index (χ2n) is 4.59. The second kappa shape index (κ2) is 4.92. The minimum atomic E-state index is -0.684. The van der Waals surface area contributed by atoms with Gasteiger partial charge in [-0.15, -0.1) is 11.8 Å². The van der Waals surface area contributed by atoms with Crippen LogP contribution in [0.4, 0.5) is 0 Å². The summed E-state index contributed by atoms with van der Waals surface area (Å²) in [5.41, 5.74) is -0.684. The molecule has 2 unspecified atom stereocenters. The Morgan fingerprint density at radius 1 is 1.47 bits per heavy atom. The number of allylic oxidation sites excluding steroid dienone is 1. The maximum atomic E-state index is 11.9. The van der Waals surface area contributed by atoms with Crippen LogP contribution in [0.5, 0.6) is 0 Å². The molecular formula is C13H17NO4S. The number of nitrogens with zero attached hydrogens (tertiary/aromatic N) is 1. The van der Waals surface area contributed by atoms with E-state index in [0.29, 0.717) is 6.42 Å². The molecule has 0 radical (unpaired) electrons. The number of methoxy groups -OCH3 is 2. The van der Waals surface area contributed by atoms with Crippen LogP contribution in [0.3, 0.4) is 0 Å². The zero-order valence-corrected chi connectivity index (χ0v) is 12.2. The van der Waals surface area contributed by atoms with Gasteiger partial charge in [0, 0.05) is 6.04 Å². The molecule has 2 rings (SSSR count). The summed E-state index contributed by atoms with van der Waals surface area (Å²) < 4.78 is 10.4. The van der Waals surface area contributed by atoms with E-state index in [-0.39, 0.29) is 17.6 Å². The lowest BCUT2D eigenvalue weighted by Crippen LogP contribution is -2.35. The molecule has 2 aliphatic rings. The predicted molar refractivity (Wildman–Crippen MR) is 74.2 cm³/mol. The number of ether oxygens (including phenoxy) is 2. The number of carbonyl (C=O) groups excluding carboxylic acids is 1. The lowest BCUT2D eigenvalue weighted by molar-refractivity contribution is -0.118. The molecule has 2 atom stereocenters. The van der Waals surface area contributed by atoms with E-state index in [2.05, 4.69) is 4.99 Å². The molecule has 0 bridgehead atoms. The molecule has 6 heteroatoms. The summed E-state index contributed by atoms with van der Waals surface area (Å²) >= 11 is 1.49. The Labute approximate surface area is 116 Å². The Balaban J connectivity index is 2.62. The van der Waals surface area contributed by atoms with Gasteiger partial charge in [-0.3, -0.25) is 9.79 Å². The summed E-state index contributed by atoms with van der Waals surface area (Å²) in [6.07, 6.45) is 4.28. The Bertz CT molecular complexity index is 509. The summed E-state index contributed by atoms with van der Waals surface area (Å²) in [5, 5.41) is 10.9. The molecule has 0 aromatic rings. The highest BCUT2D eigenvalue weighted by atomic mass is 32.2. The zero-order valence-electron chi connectivity index (χ0n) is 11.4. The Kier molecular flexibility index (Phi) is 3.62. The number of ketones is 1. The van der Waals surface area contributed by atoms with Crippen molar-refractivity contribution < 1.29 is 19.4 Å². The molecule has 5 nitrogen and oxygen atoms in total. The fourth-order valence-electron chi connectivity index (χ4n) is 2.68. The number of thioether (sulfide) groups is 1. The number of aliphatic hydroxyl groups is 1. The van der Waals surface area contributed by atoms with E-state index in [4.69, 9.17) is 9.47 Å². The van der Waals surface area contributed by atoms with Crippen LogP contribution in [0.1, 0.15) is 13.3 Å². The normalized spacial score (nSPS) is 30.5. The third-order valence-electron chi connectivity index (χ3n) is 3.39. The van der Waals surface area contributed by atoms with Gasteiger partial charge < -0.3 is 14.6 Å². The molecule has 1 N–H and O–H groups in total. The number of hydrogen-bond donors (Lipinski definition) is 1. The number of aliphatic hydroxyl groups excluding tert-OH is 1. The zero-order chi connectivity index (χ0) is 14.2. The molecule has 0 saturated carbocycles. The van der Waals surface area contributed by atoms with Gasteiger partial charge in [-0.05, 0) is 25.7 Å². The third kappa shape index (κ3) is 1.94. The van der Waals surface area contributed by atoms with E-state index in [1.54, 1.807) is 6.08 Å². The monoisotopic (exact) mass is 283 g/mol. The van der Waals surface area contributed by atoms with E-state index in [0.717, 1.165) is 5.04 Å². The van der Waals surface area contributed by atoms with Crippen molar-refractivity contribution in [3.63, 3.8) is 0 Å². The van der Waals surface area contributed by atoms with Crippen molar-refractivity contribution >= 4 is 22.6 Å². The van der Waals surface area contributed by atoms with Crippen LogP contribution in [-0.4, -0.2) is 42.5 Å². The quantitative estimate of drug-likeness (QED) is 0.840. The van der Waals surface area contributed by atoms with Crippen LogP contribution in [0.25, 0.3) is 0 Å². The number of hydrogen-bond acceptors (Lipinski definition) is 6. The molecule has 0 aromatic heterocycles. The van der Waals surface area contributed by atoms with Crippen LogP contribution in [-0.2, 0) is 14.3 Å². The maximum Gasteiger partial charge on any atom is 0.265 e. The van der Waals surface area contributed by atoms with Gasteiger partial charge in [-0.25, -0.2) is 0 Å². The van der Waals surface area contributed by atoms with Crippen LogP contribution in [0.2, 0.25) is 0 Å². The highest BCUT2D eigenvalue weighted by molar-refractivity contribution is 8.13. The smallest absolute Gasteiger partial charge is 0.265 e. The van der Waals surface area contributed by atoms with E-state index in [1.807, 2.05) is 13.2 Å². The molecule has 1 aliphatic heterocycles. The third-order valence-corrected chi connectivity index (χ3v) is 4.25. The fraction of sp³-hybridized carbons (Fsp3) is 0.538. The molecule has 0 saturated heterocycles. The first kappa shape index (κ1) is 14.0. The highest BCUT2D eigenvalue weighted by Crippen LogP contribution is 2.48. The van der Waals surface area contributed by atoms with E-state index >= 15 is 0 Å². The van der Waals surface area contributed by atoms with Gasteiger partial charge in [-0.2, -0.15) is 0 Å². The molecule has 1 heterocycles. The minimum Gasteiger partial charge on any atom is -0.502 e. The predicted octanol–water partition coefficient (Wildman–Crippen LogP) is 2.06. The van der Waals surface area contributed by atoms with E-state index in [1.165, 1.54) is 26.0 Å². The van der Waals surface area contributed by atoms with Crippen molar-refractivity contribution in [3.05, 3.63) is 23.4 Å². The van der Waals surface area contributed by atoms with Crippen molar-refractivity contribution in [2.24, 2.45) is 10.4 Å².